The van der Waals surface area contributed by atoms with Crippen molar-refractivity contribution < 1.29 is 19.7 Å². The van der Waals surface area contributed by atoms with Crippen LogP contribution in [0.1, 0.15) is 0 Å². The van der Waals surface area contributed by atoms with Gasteiger partial charge in [0.2, 0.25) is 0 Å². The second-order valence-electron chi connectivity index (χ2n) is 4.16. The van der Waals surface area contributed by atoms with Crippen LogP contribution in [-0.4, -0.2) is 57.7 Å². The maximum atomic E-state index is 11.2. The van der Waals surface area contributed by atoms with Crippen LogP contribution in [0.15, 0.2) is 22.2 Å². The summed E-state index contributed by atoms with van der Waals surface area (Å²) in [6, 6.07) is 1.34. The van der Waals surface area contributed by atoms with Gasteiger partial charge in [-0.2, -0.15) is 4.98 Å². The number of ether oxygens (including phenoxy) is 2. The van der Waals surface area contributed by atoms with Crippen LogP contribution in [0.2, 0.25) is 0 Å². The molecule has 0 aromatic carbocycles. The summed E-state index contributed by atoms with van der Waals surface area (Å²) in [4.78, 5) is 15.0. The van der Waals surface area contributed by atoms with Crippen molar-refractivity contribution in [1.29, 1.82) is 0 Å². The minimum atomic E-state index is -1.08. The Kier molecular flexibility index (Phi) is 4.58. The topological polar surface area (TPSA) is 93.8 Å². The van der Waals surface area contributed by atoms with Crippen LogP contribution in [0.3, 0.4) is 0 Å². The highest BCUT2D eigenvalue weighted by Gasteiger charge is 2.43. The van der Waals surface area contributed by atoms with Gasteiger partial charge in [-0.25, -0.2) is 0 Å². The van der Waals surface area contributed by atoms with Crippen molar-refractivity contribution in [2.45, 2.75) is 36.3 Å². The normalized spacial score (nSPS) is 30.7. The number of nitrogens with zero attached hydrogens (tertiary/aromatic N) is 2. The summed E-state index contributed by atoms with van der Waals surface area (Å²) in [5, 5.41) is 20.1. The molecule has 2 heterocycles. The quantitative estimate of drug-likeness (QED) is 0.545. The number of hydrogen-bond donors (Lipinski definition) is 2. The summed E-state index contributed by atoms with van der Waals surface area (Å²) < 4.78 is 12.0. The van der Waals surface area contributed by atoms with E-state index >= 15 is 0 Å². The van der Waals surface area contributed by atoms with E-state index in [0.717, 1.165) is 0 Å². The first-order chi connectivity index (χ1) is 9.06. The van der Waals surface area contributed by atoms with Crippen LogP contribution in [0.4, 0.5) is 0 Å². The molecule has 1 aliphatic rings. The highest BCUT2D eigenvalue weighted by atomic mass is 32.2. The zero-order valence-electron chi connectivity index (χ0n) is 10.6. The predicted molar refractivity (Wildman–Crippen MR) is 68.0 cm³/mol. The summed E-state index contributed by atoms with van der Waals surface area (Å²) in [6.45, 7) is 0.279. The van der Waals surface area contributed by atoms with Gasteiger partial charge in [0.25, 0.3) is 5.56 Å². The fraction of sp³-hybridized carbons (Fsp3) is 0.636. The first-order valence-corrected chi connectivity index (χ1v) is 6.95. The van der Waals surface area contributed by atoms with Crippen molar-refractivity contribution in [3.05, 3.63) is 22.6 Å². The fourth-order valence-electron chi connectivity index (χ4n) is 1.97. The Morgan fingerprint density at radius 3 is 2.84 bits per heavy atom. The molecule has 0 radical (unpaired) electrons. The lowest BCUT2D eigenvalue weighted by Gasteiger charge is -2.17. The Labute approximate surface area is 114 Å². The first-order valence-electron chi connectivity index (χ1n) is 5.72. The van der Waals surface area contributed by atoms with Gasteiger partial charge >= 0.3 is 0 Å². The van der Waals surface area contributed by atoms with E-state index in [9.17, 15) is 15.0 Å². The van der Waals surface area contributed by atoms with E-state index in [1.165, 1.54) is 24.9 Å². The van der Waals surface area contributed by atoms with Crippen molar-refractivity contribution in [2.24, 2.45) is 0 Å². The van der Waals surface area contributed by atoms with Gasteiger partial charge in [0.1, 0.15) is 18.3 Å². The molecule has 2 N–H and O–H groups in total. The van der Waals surface area contributed by atoms with E-state index in [0.29, 0.717) is 5.16 Å². The fourth-order valence-corrected chi connectivity index (χ4v) is 2.52. The van der Waals surface area contributed by atoms with E-state index < -0.39 is 24.6 Å². The van der Waals surface area contributed by atoms with Crippen molar-refractivity contribution in [2.75, 3.05) is 13.4 Å². The molecule has 0 aliphatic carbocycles. The third kappa shape index (κ3) is 2.98. The molecule has 4 atom stereocenters. The van der Waals surface area contributed by atoms with Crippen molar-refractivity contribution in [1.82, 2.24) is 9.55 Å². The molecule has 1 aromatic rings. The van der Waals surface area contributed by atoms with Crippen LogP contribution in [0, 0.1) is 0 Å². The highest BCUT2D eigenvalue weighted by molar-refractivity contribution is 7.98. The smallest absolute Gasteiger partial charge is 0.273 e. The second-order valence-corrected chi connectivity index (χ2v) is 4.94. The standard InChI is InChI=1S/C11H16N2O5S/c1-17-10-9(16)8(15)6(18-10)5-13-4-3-7(14)12-11(13)19-2/h3-4,6,8-10,15-16H,5H2,1-2H3. The third-order valence-electron chi connectivity index (χ3n) is 2.96. The van der Waals surface area contributed by atoms with E-state index in [4.69, 9.17) is 9.47 Å². The number of aliphatic hydroxyl groups excluding tert-OH is 2. The van der Waals surface area contributed by atoms with Crippen LogP contribution < -0.4 is 5.56 Å². The molecule has 1 aliphatic heterocycles. The van der Waals surface area contributed by atoms with E-state index in [1.807, 2.05) is 0 Å². The van der Waals surface area contributed by atoms with Crippen molar-refractivity contribution in [3.63, 3.8) is 0 Å². The summed E-state index contributed by atoms with van der Waals surface area (Å²) in [7, 11) is 1.40. The molecule has 2 rings (SSSR count). The summed E-state index contributed by atoms with van der Waals surface area (Å²) >= 11 is 1.32. The average Bonchev–Trinajstić information content (AvgIpc) is 2.68. The number of thioether (sulfide) groups is 1. The van der Waals surface area contributed by atoms with Crippen LogP contribution in [-0.2, 0) is 16.0 Å². The highest BCUT2D eigenvalue weighted by Crippen LogP contribution is 2.24. The average molecular weight is 288 g/mol. The van der Waals surface area contributed by atoms with Crippen LogP contribution in [0.5, 0.6) is 0 Å². The maximum Gasteiger partial charge on any atom is 0.273 e. The molecule has 0 bridgehead atoms. The van der Waals surface area contributed by atoms with Gasteiger partial charge in [-0.05, 0) is 6.26 Å². The molecule has 0 spiro atoms. The molecule has 8 heteroatoms. The number of methoxy groups -OCH3 is 1. The molecule has 7 nitrogen and oxygen atoms in total. The van der Waals surface area contributed by atoms with Gasteiger partial charge in [-0.1, -0.05) is 11.8 Å². The molecule has 1 aromatic heterocycles. The minimum Gasteiger partial charge on any atom is -0.387 e. The van der Waals surface area contributed by atoms with Gasteiger partial charge in [-0.3, -0.25) is 4.79 Å². The van der Waals surface area contributed by atoms with Crippen LogP contribution in [0.25, 0.3) is 0 Å². The second kappa shape index (κ2) is 6.02. The Hall–Kier alpha value is -0.930. The third-order valence-corrected chi connectivity index (χ3v) is 3.65. The lowest BCUT2D eigenvalue weighted by Crippen LogP contribution is -2.35. The first kappa shape index (κ1) is 14.5. The van der Waals surface area contributed by atoms with Crippen molar-refractivity contribution in [3.8, 4) is 0 Å². The Balaban J connectivity index is 2.16. The molecular formula is C11H16N2O5S. The molecule has 0 amide bonds. The monoisotopic (exact) mass is 288 g/mol. The molecule has 1 saturated heterocycles. The molecule has 0 saturated carbocycles. The van der Waals surface area contributed by atoms with Gasteiger partial charge in [-0.15, -0.1) is 0 Å². The van der Waals surface area contributed by atoms with Gasteiger partial charge < -0.3 is 24.3 Å². The zero-order valence-corrected chi connectivity index (χ0v) is 11.4. The van der Waals surface area contributed by atoms with Crippen molar-refractivity contribution >= 4 is 11.8 Å². The Bertz CT molecular complexity index is 494. The predicted octanol–water partition coefficient (Wildman–Crippen LogP) is -0.942. The maximum absolute atomic E-state index is 11.2. The molecule has 19 heavy (non-hydrogen) atoms. The Morgan fingerprint density at radius 1 is 1.53 bits per heavy atom. The number of aromatic nitrogens is 2. The lowest BCUT2D eigenvalue weighted by molar-refractivity contribution is -0.150. The van der Waals surface area contributed by atoms with E-state index in [2.05, 4.69) is 4.98 Å². The van der Waals surface area contributed by atoms with E-state index in [1.54, 1.807) is 17.0 Å². The molecule has 4 unspecified atom stereocenters. The largest absolute Gasteiger partial charge is 0.387 e. The summed E-state index contributed by atoms with van der Waals surface area (Å²) in [6.07, 6.45) is -0.194. The van der Waals surface area contributed by atoms with Crippen LogP contribution >= 0.6 is 11.8 Å². The summed E-state index contributed by atoms with van der Waals surface area (Å²) in [5.41, 5.74) is -0.316. The Morgan fingerprint density at radius 2 is 2.26 bits per heavy atom. The number of rotatable bonds is 4. The number of aliphatic hydroxyl groups is 2. The number of hydrogen-bond acceptors (Lipinski definition) is 7. The van der Waals surface area contributed by atoms with Gasteiger partial charge in [0.05, 0.1) is 6.54 Å². The molecule has 1 fully saturated rings. The zero-order chi connectivity index (χ0) is 14.0. The van der Waals surface area contributed by atoms with Gasteiger partial charge in [0, 0.05) is 19.4 Å². The van der Waals surface area contributed by atoms with E-state index in [-0.39, 0.29) is 12.1 Å². The SMILES string of the molecule is COC1OC(Cn2ccc(=O)nc2SC)C(O)C1O. The molecular weight excluding hydrogens is 272 g/mol. The minimum absolute atomic E-state index is 0.279. The molecule has 106 valence electrons. The summed E-state index contributed by atoms with van der Waals surface area (Å²) in [5.74, 6) is 0. The van der Waals surface area contributed by atoms with Gasteiger partial charge in [0.15, 0.2) is 11.4 Å². The lowest BCUT2D eigenvalue weighted by atomic mass is 10.1.